The van der Waals surface area contributed by atoms with Crippen molar-refractivity contribution in [3.05, 3.63) is 35.7 Å². The summed E-state index contributed by atoms with van der Waals surface area (Å²) in [7, 11) is 0. The van der Waals surface area contributed by atoms with Crippen LogP contribution in [0.3, 0.4) is 0 Å². The first kappa shape index (κ1) is 20.5. The van der Waals surface area contributed by atoms with Gasteiger partial charge in [-0.2, -0.15) is 4.98 Å². The zero-order valence-electron chi connectivity index (χ0n) is 17.2. The van der Waals surface area contributed by atoms with E-state index in [-0.39, 0.29) is 12.0 Å². The van der Waals surface area contributed by atoms with Crippen LogP contribution in [0.4, 0.5) is 0 Å². The van der Waals surface area contributed by atoms with E-state index >= 15 is 0 Å². The third-order valence-corrected chi connectivity index (χ3v) is 4.85. The fourth-order valence-electron chi connectivity index (χ4n) is 3.12. The van der Waals surface area contributed by atoms with Crippen molar-refractivity contribution in [1.29, 1.82) is 0 Å². The number of piperazine rings is 1. The second-order valence-electron chi connectivity index (χ2n) is 7.85. The first-order valence-electron chi connectivity index (χ1n) is 9.94. The van der Waals surface area contributed by atoms with Gasteiger partial charge in [0, 0.05) is 38.3 Å². The molecule has 0 N–H and O–H groups in total. The van der Waals surface area contributed by atoms with Crippen molar-refractivity contribution in [2.75, 3.05) is 32.8 Å². The number of ether oxygens (including phenoxy) is 1. The van der Waals surface area contributed by atoms with Crippen molar-refractivity contribution in [1.82, 2.24) is 19.9 Å². The Labute approximate surface area is 166 Å². The SMILES string of the molecule is Cc1ccc(-c2noc(CN3CCN(C(=O)[C@@H](C)OCC(C)C)CC3)n2)cc1. The summed E-state index contributed by atoms with van der Waals surface area (Å²) >= 11 is 0. The fraction of sp³-hybridized carbons (Fsp3) is 0.571. The van der Waals surface area contributed by atoms with Gasteiger partial charge in [0.15, 0.2) is 0 Å². The fourth-order valence-corrected chi connectivity index (χ4v) is 3.12. The average Bonchev–Trinajstić information content (AvgIpc) is 3.15. The first-order valence-corrected chi connectivity index (χ1v) is 9.94. The summed E-state index contributed by atoms with van der Waals surface area (Å²) in [6, 6.07) is 8.06. The molecule has 0 aliphatic carbocycles. The number of benzene rings is 1. The molecule has 3 rings (SSSR count). The lowest BCUT2D eigenvalue weighted by Gasteiger charge is -2.35. The molecule has 1 aromatic heterocycles. The van der Waals surface area contributed by atoms with Gasteiger partial charge in [-0.05, 0) is 19.8 Å². The molecule has 7 nitrogen and oxygen atoms in total. The van der Waals surface area contributed by atoms with E-state index in [1.807, 2.05) is 43.0 Å². The molecule has 1 atom stereocenters. The van der Waals surface area contributed by atoms with Gasteiger partial charge in [0.25, 0.3) is 5.91 Å². The van der Waals surface area contributed by atoms with Crippen LogP contribution in [-0.2, 0) is 16.1 Å². The molecule has 0 saturated carbocycles. The number of hydrogen-bond donors (Lipinski definition) is 0. The van der Waals surface area contributed by atoms with E-state index in [1.54, 1.807) is 0 Å². The van der Waals surface area contributed by atoms with Gasteiger partial charge in [-0.15, -0.1) is 0 Å². The van der Waals surface area contributed by atoms with Crippen LogP contribution in [0.1, 0.15) is 32.2 Å². The highest BCUT2D eigenvalue weighted by Crippen LogP contribution is 2.17. The van der Waals surface area contributed by atoms with Crippen LogP contribution in [0, 0.1) is 12.8 Å². The van der Waals surface area contributed by atoms with Gasteiger partial charge in [-0.25, -0.2) is 0 Å². The zero-order chi connectivity index (χ0) is 20.1. The highest BCUT2D eigenvalue weighted by Gasteiger charge is 2.26. The van der Waals surface area contributed by atoms with Gasteiger partial charge in [0.2, 0.25) is 11.7 Å². The van der Waals surface area contributed by atoms with E-state index in [9.17, 15) is 4.79 Å². The molecule has 1 aromatic carbocycles. The Balaban J connectivity index is 1.48. The smallest absolute Gasteiger partial charge is 0.251 e. The maximum absolute atomic E-state index is 12.5. The van der Waals surface area contributed by atoms with Crippen molar-refractivity contribution in [3.8, 4) is 11.4 Å². The molecule has 1 amide bonds. The normalized spacial score (nSPS) is 16.5. The van der Waals surface area contributed by atoms with E-state index in [4.69, 9.17) is 9.26 Å². The highest BCUT2D eigenvalue weighted by molar-refractivity contribution is 5.80. The van der Waals surface area contributed by atoms with Gasteiger partial charge in [-0.3, -0.25) is 9.69 Å². The minimum atomic E-state index is -0.387. The predicted octanol–water partition coefficient (Wildman–Crippen LogP) is 2.75. The minimum absolute atomic E-state index is 0.0692. The van der Waals surface area contributed by atoms with Crippen LogP contribution >= 0.6 is 0 Å². The topological polar surface area (TPSA) is 71.7 Å². The maximum Gasteiger partial charge on any atom is 0.251 e. The van der Waals surface area contributed by atoms with Gasteiger partial charge in [-0.1, -0.05) is 48.8 Å². The van der Waals surface area contributed by atoms with E-state index in [1.165, 1.54) is 5.56 Å². The molecule has 28 heavy (non-hydrogen) atoms. The van der Waals surface area contributed by atoms with Crippen molar-refractivity contribution in [3.63, 3.8) is 0 Å². The highest BCUT2D eigenvalue weighted by atomic mass is 16.5. The Morgan fingerprint density at radius 2 is 1.82 bits per heavy atom. The van der Waals surface area contributed by atoms with Crippen molar-refractivity contribution in [2.24, 2.45) is 5.92 Å². The molecule has 1 saturated heterocycles. The van der Waals surface area contributed by atoms with Gasteiger partial charge >= 0.3 is 0 Å². The Morgan fingerprint density at radius 1 is 1.14 bits per heavy atom. The second-order valence-corrected chi connectivity index (χ2v) is 7.85. The molecular weight excluding hydrogens is 356 g/mol. The van der Waals surface area contributed by atoms with Gasteiger partial charge in [0.1, 0.15) is 6.10 Å². The lowest BCUT2D eigenvalue weighted by atomic mass is 10.1. The number of nitrogens with zero attached hydrogens (tertiary/aromatic N) is 4. The first-order chi connectivity index (χ1) is 13.4. The van der Waals surface area contributed by atoms with E-state index < -0.39 is 0 Å². The van der Waals surface area contributed by atoms with Gasteiger partial charge < -0.3 is 14.2 Å². The molecule has 0 bridgehead atoms. The number of rotatable bonds is 7. The van der Waals surface area contributed by atoms with Crippen molar-refractivity contribution < 1.29 is 14.1 Å². The molecule has 1 aliphatic rings. The lowest BCUT2D eigenvalue weighted by molar-refractivity contribution is -0.145. The number of aromatic nitrogens is 2. The summed E-state index contributed by atoms with van der Waals surface area (Å²) < 4.78 is 11.1. The number of carbonyl (C=O) groups excluding carboxylic acids is 1. The molecule has 2 aromatic rings. The monoisotopic (exact) mass is 386 g/mol. The molecule has 0 unspecified atom stereocenters. The molecule has 0 spiro atoms. The van der Waals surface area contributed by atoms with Gasteiger partial charge in [0.05, 0.1) is 6.54 Å². The molecule has 1 aliphatic heterocycles. The predicted molar refractivity (Wildman–Crippen MR) is 107 cm³/mol. The van der Waals surface area contributed by atoms with E-state index in [2.05, 4.69) is 28.9 Å². The number of carbonyl (C=O) groups is 1. The maximum atomic E-state index is 12.5. The molecule has 152 valence electrons. The lowest BCUT2D eigenvalue weighted by Crippen LogP contribution is -2.51. The third kappa shape index (κ3) is 5.39. The Morgan fingerprint density at radius 3 is 2.46 bits per heavy atom. The van der Waals surface area contributed by atoms with E-state index in [0.717, 1.165) is 18.7 Å². The zero-order valence-corrected chi connectivity index (χ0v) is 17.2. The van der Waals surface area contributed by atoms with Crippen LogP contribution in [0.25, 0.3) is 11.4 Å². The van der Waals surface area contributed by atoms with E-state index in [0.29, 0.717) is 43.9 Å². The number of hydrogen-bond acceptors (Lipinski definition) is 6. The van der Waals surface area contributed by atoms with Crippen LogP contribution in [0.15, 0.2) is 28.8 Å². The number of amides is 1. The van der Waals surface area contributed by atoms with Crippen molar-refractivity contribution in [2.45, 2.75) is 40.3 Å². The third-order valence-electron chi connectivity index (χ3n) is 4.85. The summed E-state index contributed by atoms with van der Waals surface area (Å²) in [4.78, 5) is 21.1. The van der Waals surface area contributed by atoms with Crippen LogP contribution in [0.5, 0.6) is 0 Å². The summed E-state index contributed by atoms with van der Waals surface area (Å²) in [6.07, 6.45) is -0.387. The molecule has 0 radical (unpaired) electrons. The summed E-state index contributed by atoms with van der Waals surface area (Å²) in [6.45, 7) is 12.2. The van der Waals surface area contributed by atoms with Crippen LogP contribution in [0.2, 0.25) is 0 Å². The molecule has 1 fully saturated rings. The molecular formula is C21H30N4O3. The van der Waals surface area contributed by atoms with Crippen LogP contribution in [-0.4, -0.2) is 64.7 Å². The quantitative estimate of drug-likeness (QED) is 0.729. The number of aryl methyl sites for hydroxylation is 1. The Bertz CT molecular complexity index is 764. The summed E-state index contributed by atoms with van der Waals surface area (Å²) in [5.41, 5.74) is 2.15. The standard InChI is InChI=1S/C21H30N4O3/c1-15(2)14-27-17(4)21(26)25-11-9-24(10-12-25)13-19-22-20(23-28-19)18-7-5-16(3)6-8-18/h5-8,15,17H,9-14H2,1-4H3/t17-/m1/s1. The summed E-state index contributed by atoms with van der Waals surface area (Å²) in [5, 5.41) is 4.09. The largest absolute Gasteiger partial charge is 0.368 e. The second kappa shape index (κ2) is 9.30. The Kier molecular flexibility index (Phi) is 6.80. The average molecular weight is 386 g/mol. The minimum Gasteiger partial charge on any atom is -0.368 e. The van der Waals surface area contributed by atoms with Crippen molar-refractivity contribution >= 4 is 5.91 Å². The summed E-state index contributed by atoms with van der Waals surface area (Å²) in [5.74, 6) is 1.70. The molecule has 2 heterocycles. The molecule has 7 heteroatoms. The Hall–Kier alpha value is -2.25. The van der Waals surface area contributed by atoms with Crippen LogP contribution < -0.4 is 0 Å².